The summed E-state index contributed by atoms with van der Waals surface area (Å²) in [6.45, 7) is 12.1. The van der Waals surface area contributed by atoms with Gasteiger partial charge in [-0.25, -0.2) is 4.98 Å². The third kappa shape index (κ3) is 6.49. The molecule has 56 heavy (non-hydrogen) atoms. The molecule has 1 aliphatic heterocycles. The predicted octanol–water partition coefficient (Wildman–Crippen LogP) is 13.0. The second-order valence-electron chi connectivity index (χ2n) is 16.3. The number of pyridine rings is 1. The van der Waals surface area contributed by atoms with Gasteiger partial charge in [0.1, 0.15) is 17.3 Å². The highest BCUT2D eigenvalue weighted by atomic mass is 16.5. The summed E-state index contributed by atoms with van der Waals surface area (Å²) >= 11 is 0. The van der Waals surface area contributed by atoms with Gasteiger partial charge in [-0.2, -0.15) is 0 Å². The summed E-state index contributed by atoms with van der Waals surface area (Å²) in [5.74, 6) is 2.41. The lowest BCUT2D eigenvalue weighted by molar-refractivity contribution is 0.483. The molecule has 3 heterocycles. The van der Waals surface area contributed by atoms with Crippen LogP contribution in [0.25, 0.3) is 38.8 Å². The maximum absolute atomic E-state index is 6.85. The van der Waals surface area contributed by atoms with Gasteiger partial charge in [0.05, 0.1) is 17.7 Å². The van der Waals surface area contributed by atoms with E-state index in [9.17, 15) is 0 Å². The molecular formula is C51H46N4O. The topological polar surface area (TPSA) is 33.5 Å². The van der Waals surface area contributed by atoms with Crippen LogP contribution in [0.2, 0.25) is 0 Å². The molecule has 0 saturated carbocycles. The van der Waals surface area contributed by atoms with Crippen molar-refractivity contribution in [3.05, 3.63) is 193 Å². The van der Waals surface area contributed by atoms with Crippen molar-refractivity contribution in [2.75, 3.05) is 16.5 Å². The molecule has 0 fully saturated rings. The van der Waals surface area contributed by atoms with E-state index < -0.39 is 0 Å². The van der Waals surface area contributed by atoms with E-state index in [4.69, 9.17) is 9.72 Å². The number of nitrogens with zero attached hydrogens (tertiary/aromatic N) is 4. The van der Waals surface area contributed by atoms with E-state index in [0.29, 0.717) is 6.67 Å². The van der Waals surface area contributed by atoms with Crippen LogP contribution >= 0.6 is 0 Å². The Bertz CT molecular complexity index is 2720. The van der Waals surface area contributed by atoms with Crippen LogP contribution < -0.4 is 14.5 Å². The fraction of sp³-hybridized carbons (Fsp3) is 0.157. The summed E-state index contributed by atoms with van der Waals surface area (Å²) < 4.78 is 9.12. The average Bonchev–Trinajstić information content (AvgIpc) is 3.85. The van der Waals surface area contributed by atoms with Gasteiger partial charge < -0.3 is 14.5 Å². The molecule has 0 bridgehead atoms. The fourth-order valence-corrected chi connectivity index (χ4v) is 8.05. The Labute approximate surface area is 329 Å². The summed E-state index contributed by atoms with van der Waals surface area (Å²) in [6, 6.07) is 55.8. The summed E-state index contributed by atoms with van der Waals surface area (Å²) in [5.41, 5.74) is 10.3. The predicted molar refractivity (Wildman–Crippen MR) is 233 cm³/mol. The van der Waals surface area contributed by atoms with Gasteiger partial charge in [-0.05, 0) is 81.8 Å². The maximum Gasteiger partial charge on any atom is 0.137 e. The first-order valence-electron chi connectivity index (χ1n) is 19.4. The average molecular weight is 731 g/mol. The largest absolute Gasteiger partial charge is 0.457 e. The minimum Gasteiger partial charge on any atom is -0.457 e. The number of rotatable bonds is 8. The normalized spacial score (nSPS) is 13.2. The van der Waals surface area contributed by atoms with Crippen molar-refractivity contribution in [1.82, 2.24) is 9.55 Å². The molecule has 0 spiro atoms. The molecule has 0 radical (unpaired) electrons. The van der Waals surface area contributed by atoms with Gasteiger partial charge in [-0.15, -0.1) is 0 Å². The summed E-state index contributed by atoms with van der Waals surface area (Å²) in [6.07, 6.45) is 6.28. The molecule has 0 N–H and O–H groups in total. The molecule has 0 amide bonds. The van der Waals surface area contributed by atoms with Gasteiger partial charge in [0.2, 0.25) is 0 Å². The van der Waals surface area contributed by atoms with Crippen LogP contribution in [0.3, 0.4) is 0 Å². The number of anilines is 2. The number of fused-ring (bicyclic) bond motifs is 3. The van der Waals surface area contributed by atoms with Crippen LogP contribution in [0.15, 0.2) is 176 Å². The second kappa shape index (κ2) is 13.9. The van der Waals surface area contributed by atoms with E-state index in [2.05, 4.69) is 219 Å². The number of hydrogen-bond acceptors (Lipinski definition) is 4. The first kappa shape index (κ1) is 35.1. The molecule has 0 aliphatic carbocycles. The molecule has 6 aromatic carbocycles. The Kier molecular flexibility index (Phi) is 8.73. The quantitative estimate of drug-likeness (QED) is 0.156. The summed E-state index contributed by atoms with van der Waals surface area (Å²) in [7, 11) is 0. The number of para-hydroxylation sites is 2. The number of hydrogen-bond donors (Lipinski definition) is 0. The van der Waals surface area contributed by atoms with Gasteiger partial charge in [0.25, 0.3) is 0 Å². The van der Waals surface area contributed by atoms with Gasteiger partial charge in [0.15, 0.2) is 0 Å². The minimum absolute atomic E-state index is 0.0243. The molecule has 0 saturated heterocycles. The third-order valence-electron chi connectivity index (χ3n) is 11.2. The van der Waals surface area contributed by atoms with Crippen LogP contribution in [0.4, 0.5) is 11.4 Å². The van der Waals surface area contributed by atoms with Crippen molar-refractivity contribution in [2.24, 2.45) is 0 Å². The van der Waals surface area contributed by atoms with Crippen molar-refractivity contribution in [3.8, 4) is 28.4 Å². The molecule has 276 valence electrons. The van der Waals surface area contributed by atoms with Crippen molar-refractivity contribution < 1.29 is 4.74 Å². The van der Waals surface area contributed by atoms with Crippen LogP contribution in [-0.2, 0) is 10.8 Å². The number of ether oxygens (including phenoxy) is 1. The molecule has 8 aromatic rings. The van der Waals surface area contributed by atoms with Crippen LogP contribution in [0.1, 0.15) is 51.3 Å². The lowest BCUT2D eigenvalue weighted by Crippen LogP contribution is -2.27. The Morgan fingerprint density at radius 1 is 0.536 bits per heavy atom. The lowest BCUT2D eigenvalue weighted by Gasteiger charge is -2.29. The highest BCUT2D eigenvalue weighted by Gasteiger charge is 2.26. The van der Waals surface area contributed by atoms with E-state index >= 15 is 0 Å². The lowest BCUT2D eigenvalue weighted by atomic mass is 9.78. The van der Waals surface area contributed by atoms with Crippen LogP contribution in [0, 0.1) is 0 Å². The smallest absolute Gasteiger partial charge is 0.137 e. The first-order chi connectivity index (χ1) is 27.1. The molecule has 9 rings (SSSR count). The molecule has 0 unspecified atom stereocenters. The summed E-state index contributed by atoms with van der Waals surface area (Å²) in [5, 5.41) is 2.33. The third-order valence-corrected chi connectivity index (χ3v) is 11.2. The highest BCUT2D eigenvalue weighted by molar-refractivity contribution is 6.09. The van der Waals surface area contributed by atoms with Crippen molar-refractivity contribution in [3.63, 3.8) is 0 Å². The van der Waals surface area contributed by atoms with Crippen molar-refractivity contribution in [1.29, 1.82) is 0 Å². The van der Waals surface area contributed by atoms with E-state index in [1.54, 1.807) is 0 Å². The van der Waals surface area contributed by atoms with Crippen LogP contribution in [-0.4, -0.2) is 16.2 Å². The van der Waals surface area contributed by atoms with Crippen molar-refractivity contribution in [2.45, 2.75) is 45.4 Å². The maximum atomic E-state index is 6.85. The Balaban J connectivity index is 1.10. The van der Waals surface area contributed by atoms with E-state index in [1.165, 1.54) is 27.8 Å². The highest BCUT2D eigenvalue weighted by Crippen LogP contribution is 2.40. The zero-order valence-electron chi connectivity index (χ0n) is 32.6. The van der Waals surface area contributed by atoms with Crippen LogP contribution in [0.5, 0.6) is 11.5 Å². The molecule has 2 aromatic heterocycles. The zero-order valence-corrected chi connectivity index (χ0v) is 32.6. The Morgan fingerprint density at radius 3 is 2.04 bits per heavy atom. The summed E-state index contributed by atoms with van der Waals surface area (Å²) in [4.78, 5) is 9.57. The van der Waals surface area contributed by atoms with Gasteiger partial charge in [-0.3, -0.25) is 4.57 Å². The fourth-order valence-electron chi connectivity index (χ4n) is 8.05. The molecule has 5 heteroatoms. The number of aromatic nitrogens is 2. The van der Waals surface area contributed by atoms with E-state index in [-0.39, 0.29) is 10.8 Å². The monoisotopic (exact) mass is 730 g/mol. The standard InChI is InChI=1S/C51H46N4O/c1-50(2,3)45-21-13-15-23-47(45)54-29-28-53(35-54)40-30-37(36-16-8-6-9-17-36)31-42(33-40)56-41-24-25-44-43-20-12-14-22-46(43)55(48(44)34-41)49-32-39(26-27-52-49)51(4,5)38-18-10-7-11-19-38/h6-34H,35H2,1-5H3. The van der Waals surface area contributed by atoms with E-state index in [1.807, 2.05) is 6.20 Å². The second-order valence-corrected chi connectivity index (χ2v) is 16.3. The molecular weight excluding hydrogens is 685 g/mol. The Hall–Kier alpha value is -6.59. The zero-order chi connectivity index (χ0) is 38.4. The SMILES string of the molecule is CC(C)(C)c1ccccc1N1C=CN(c2cc(Oc3ccc4c5ccccc5n(-c5cc(C(C)(C)c6ccccc6)ccn5)c4c3)cc(-c3ccccc3)c2)C1. The van der Waals surface area contributed by atoms with Gasteiger partial charge in [0, 0.05) is 58.3 Å². The molecule has 1 aliphatic rings. The molecule has 0 atom stereocenters. The minimum atomic E-state index is -0.203. The first-order valence-corrected chi connectivity index (χ1v) is 19.4. The molecule has 5 nitrogen and oxygen atoms in total. The van der Waals surface area contributed by atoms with Gasteiger partial charge in [-0.1, -0.05) is 132 Å². The van der Waals surface area contributed by atoms with E-state index in [0.717, 1.165) is 50.6 Å². The van der Waals surface area contributed by atoms with Crippen molar-refractivity contribution >= 4 is 33.2 Å². The van der Waals surface area contributed by atoms with Gasteiger partial charge >= 0.3 is 0 Å². The Morgan fingerprint density at radius 2 is 1.23 bits per heavy atom. The number of benzene rings is 6.